The average Bonchev–Trinajstić information content (AvgIpc) is 2.71. The topological polar surface area (TPSA) is 20.2 Å². The minimum atomic E-state index is -0.878. The predicted octanol–water partition coefficient (Wildman–Crippen LogP) is 3.61. The molecule has 2 rings (SSSR count). The molecule has 17 heavy (non-hydrogen) atoms. The molecule has 1 heterocycles. The van der Waals surface area contributed by atoms with Gasteiger partial charge in [-0.2, -0.15) is 0 Å². The second-order valence-electron chi connectivity index (χ2n) is 3.86. The molecule has 0 saturated heterocycles. The Bertz CT molecular complexity index is 522. The van der Waals surface area contributed by atoms with Gasteiger partial charge in [0, 0.05) is 11.3 Å². The zero-order chi connectivity index (χ0) is 12.4. The van der Waals surface area contributed by atoms with Gasteiger partial charge in [-0.1, -0.05) is 12.1 Å². The van der Waals surface area contributed by atoms with Crippen LogP contribution in [0.15, 0.2) is 29.6 Å². The Balaban J connectivity index is 2.22. The molecule has 1 unspecified atom stereocenters. The van der Waals surface area contributed by atoms with Crippen molar-refractivity contribution in [1.29, 1.82) is 0 Å². The zero-order valence-corrected chi connectivity index (χ0v) is 10.1. The van der Waals surface area contributed by atoms with E-state index in [-0.39, 0.29) is 12.0 Å². The standard InChI is InChI=1S/C13H12F2OS/c1-8-10(5-6-17-8)12(16)7-9-3-2-4-11(14)13(9)15/h2-6,12,16H,7H2,1H3. The zero-order valence-electron chi connectivity index (χ0n) is 9.28. The van der Waals surface area contributed by atoms with Crippen LogP contribution in [0.4, 0.5) is 8.78 Å². The fourth-order valence-electron chi connectivity index (χ4n) is 1.76. The van der Waals surface area contributed by atoms with Gasteiger partial charge < -0.3 is 5.11 Å². The van der Waals surface area contributed by atoms with Crippen LogP contribution in [-0.2, 0) is 6.42 Å². The molecule has 0 amide bonds. The Kier molecular flexibility index (Phi) is 3.54. The SMILES string of the molecule is Cc1sccc1C(O)Cc1cccc(F)c1F. The van der Waals surface area contributed by atoms with Crippen LogP contribution in [0, 0.1) is 18.6 Å². The Labute approximate surface area is 102 Å². The van der Waals surface area contributed by atoms with Crippen LogP contribution in [0.3, 0.4) is 0 Å². The molecule has 0 saturated carbocycles. The van der Waals surface area contributed by atoms with Crippen molar-refractivity contribution in [3.05, 3.63) is 57.3 Å². The molecule has 1 aromatic carbocycles. The van der Waals surface area contributed by atoms with Crippen molar-refractivity contribution < 1.29 is 13.9 Å². The molecule has 2 aromatic rings. The minimum Gasteiger partial charge on any atom is -0.388 e. The lowest BCUT2D eigenvalue weighted by Gasteiger charge is -2.11. The van der Waals surface area contributed by atoms with Crippen molar-refractivity contribution in [1.82, 2.24) is 0 Å². The van der Waals surface area contributed by atoms with Gasteiger partial charge in [0.25, 0.3) is 0 Å². The van der Waals surface area contributed by atoms with Gasteiger partial charge in [0.2, 0.25) is 0 Å². The first kappa shape index (κ1) is 12.2. The molecule has 4 heteroatoms. The van der Waals surface area contributed by atoms with Crippen molar-refractivity contribution in [2.24, 2.45) is 0 Å². The second kappa shape index (κ2) is 4.94. The highest BCUT2D eigenvalue weighted by atomic mass is 32.1. The van der Waals surface area contributed by atoms with E-state index in [9.17, 15) is 13.9 Å². The van der Waals surface area contributed by atoms with Gasteiger partial charge in [-0.25, -0.2) is 8.78 Å². The Hall–Kier alpha value is -1.26. The van der Waals surface area contributed by atoms with Crippen molar-refractivity contribution in [2.75, 3.05) is 0 Å². The van der Waals surface area contributed by atoms with Crippen molar-refractivity contribution in [3.8, 4) is 0 Å². The normalized spacial score (nSPS) is 12.7. The predicted molar refractivity (Wildman–Crippen MR) is 64.1 cm³/mol. The fourth-order valence-corrected chi connectivity index (χ4v) is 2.52. The Morgan fingerprint density at radius 2 is 2.06 bits per heavy atom. The maximum Gasteiger partial charge on any atom is 0.162 e. The molecule has 1 atom stereocenters. The number of rotatable bonds is 3. The minimum absolute atomic E-state index is 0.0845. The number of thiophene rings is 1. The number of hydrogen-bond acceptors (Lipinski definition) is 2. The van der Waals surface area contributed by atoms with Gasteiger partial charge in [0.15, 0.2) is 11.6 Å². The van der Waals surface area contributed by atoms with E-state index in [2.05, 4.69) is 0 Å². The highest BCUT2D eigenvalue weighted by molar-refractivity contribution is 7.10. The third kappa shape index (κ3) is 2.53. The summed E-state index contributed by atoms with van der Waals surface area (Å²) in [5.41, 5.74) is 0.974. The summed E-state index contributed by atoms with van der Waals surface area (Å²) in [7, 11) is 0. The van der Waals surface area contributed by atoms with Crippen LogP contribution >= 0.6 is 11.3 Å². The molecule has 1 aromatic heterocycles. The molecule has 0 spiro atoms. The van der Waals surface area contributed by atoms with Crippen LogP contribution in [0.1, 0.15) is 22.1 Å². The third-order valence-electron chi connectivity index (χ3n) is 2.70. The number of benzene rings is 1. The van der Waals surface area contributed by atoms with Crippen LogP contribution in [0.2, 0.25) is 0 Å². The second-order valence-corrected chi connectivity index (χ2v) is 4.99. The lowest BCUT2D eigenvalue weighted by molar-refractivity contribution is 0.176. The summed E-state index contributed by atoms with van der Waals surface area (Å²) < 4.78 is 26.4. The maximum atomic E-state index is 13.4. The molecule has 0 fully saturated rings. The Morgan fingerprint density at radius 1 is 1.29 bits per heavy atom. The van der Waals surface area contributed by atoms with E-state index in [1.807, 2.05) is 18.4 Å². The molecule has 1 N–H and O–H groups in total. The summed E-state index contributed by atoms with van der Waals surface area (Å²) in [5, 5.41) is 11.8. The molecule has 0 aliphatic heterocycles. The molecule has 0 radical (unpaired) electrons. The summed E-state index contributed by atoms with van der Waals surface area (Å²) in [6.45, 7) is 1.89. The smallest absolute Gasteiger partial charge is 0.162 e. The van der Waals surface area contributed by atoms with Crippen LogP contribution < -0.4 is 0 Å². The fraction of sp³-hybridized carbons (Fsp3) is 0.231. The maximum absolute atomic E-state index is 13.4. The summed E-state index contributed by atoms with van der Waals surface area (Å²) in [4.78, 5) is 0.995. The van der Waals surface area contributed by atoms with E-state index >= 15 is 0 Å². The molecular weight excluding hydrogens is 242 g/mol. The van der Waals surface area contributed by atoms with E-state index in [0.717, 1.165) is 16.5 Å². The Morgan fingerprint density at radius 3 is 2.71 bits per heavy atom. The lowest BCUT2D eigenvalue weighted by atomic mass is 10.0. The monoisotopic (exact) mass is 254 g/mol. The van der Waals surface area contributed by atoms with Crippen molar-refractivity contribution in [3.63, 3.8) is 0 Å². The number of aliphatic hydroxyl groups is 1. The number of halogens is 2. The molecule has 0 aliphatic rings. The van der Waals surface area contributed by atoms with E-state index in [4.69, 9.17) is 0 Å². The van der Waals surface area contributed by atoms with Crippen molar-refractivity contribution >= 4 is 11.3 Å². The van der Waals surface area contributed by atoms with Gasteiger partial charge in [0.05, 0.1) is 6.10 Å². The first-order valence-electron chi connectivity index (χ1n) is 5.24. The van der Waals surface area contributed by atoms with Gasteiger partial charge in [-0.05, 0) is 35.6 Å². The largest absolute Gasteiger partial charge is 0.388 e. The van der Waals surface area contributed by atoms with Crippen LogP contribution in [0.5, 0.6) is 0 Å². The van der Waals surface area contributed by atoms with Gasteiger partial charge in [-0.15, -0.1) is 11.3 Å². The van der Waals surface area contributed by atoms with Gasteiger partial charge in [0.1, 0.15) is 0 Å². The molecule has 1 nitrogen and oxygen atoms in total. The average molecular weight is 254 g/mol. The highest BCUT2D eigenvalue weighted by Gasteiger charge is 2.15. The van der Waals surface area contributed by atoms with Crippen LogP contribution in [0.25, 0.3) is 0 Å². The molecular formula is C13H12F2OS. The van der Waals surface area contributed by atoms with Gasteiger partial charge in [-0.3, -0.25) is 0 Å². The van der Waals surface area contributed by atoms with Crippen molar-refractivity contribution in [2.45, 2.75) is 19.4 Å². The number of hydrogen-bond donors (Lipinski definition) is 1. The lowest BCUT2D eigenvalue weighted by Crippen LogP contribution is -2.04. The van der Waals surface area contributed by atoms with Gasteiger partial charge >= 0.3 is 0 Å². The summed E-state index contributed by atoms with van der Waals surface area (Å²) in [6, 6.07) is 5.81. The van der Waals surface area contributed by atoms with Crippen LogP contribution in [-0.4, -0.2) is 5.11 Å². The number of aryl methyl sites for hydroxylation is 1. The first-order chi connectivity index (χ1) is 8.09. The molecule has 90 valence electrons. The summed E-state index contributed by atoms with van der Waals surface area (Å²) in [6.07, 6.45) is -0.709. The molecule has 0 aliphatic carbocycles. The first-order valence-corrected chi connectivity index (χ1v) is 6.12. The van der Waals surface area contributed by atoms with E-state index < -0.39 is 17.7 Å². The number of aliphatic hydroxyl groups excluding tert-OH is 1. The quantitative estimate of drug-likeness (QED) is 0.887. The summed E-state index contributed by atoms with van der Waals surface area (Å²) >= 11 is 1.52. The van der Waals surface area contributed by atoms with E-state index in [1.165, 1.54) is 23.5 Å². The molecule has 0 bridgehead atoms. The van der Waals surface area contributed by atoms with E-state index in [0.29, 0.717) is 0 Å². The summed E-state index contributed by atoms with van der Waals surface area (Å²) in [5.74, 6) is -1.75. The van der Waals surface area contributed by atoms with E-state index in [1.54, 1.807) is 0 Å². The highest BCUT2D eigenvalue weighted by Crippen LogP contribution is 2.26. The third-order valence-corrected chi connectivity index (χ3v) is 3.56.